The van der Waals surface area contributed by atoms with Crippen LogP contribution >= 0.6 is 15.9 Å². The molecule has 5 rings (SSSR count). The number of hydrogen-bond donors (Lipinski definition) is 0. The number of likely N-dealkylation sites (tertiary alicyclic amines) is 1. The smallest absolute Gasteiger partial charge is 0.223 e. The molecule has 2 heterocycles. The summed E-state index contributed by atoms with van der Waals surface area (Å²) in [4.78, 5) is 14.7. The number of fused-ring (bicyclic) bond motifs is 3. The van der Waals surface area contributed by atoms with E-state index in [2.05, 4.69) is 40.2 Å². The summed E-state index contributed by atoms with van der Waals surface area (Å²) < 4.78 is 12.7. The number of rotatable bonds is 4. The number of methoxy groups -OCH3 is 1. The van der Waals surface area contributed by atoms with Gasteiger partial charge >= 0.3 is 0 Å². The van der Waals surface area contributed by atoms with E-state index in [-0.39, 0.29) is 11.8 Å². The number of hydrogen-bond acceptors (Lipinski definition) is 3. The van der Waals surface area contributed by atoms with Crippen LogP contribution in [0.25, 0.3) is 21.9 Å². The van der Waals surface area contributed by atoms with E-state index in [9.17, 15) is 4.79 Å². The average Bonchev–Trinajstić information content (AvgIpc) is 3.28. The molecule has 0 saturated carbocycles. The highest BCUT2D eigenvalue weighted by atomic mass is 79.9. The number of halogens is 1. The Balaban J connectivity index is 1.53. The normalized spacial score (nSPS) is 16.8. The van der Waals surface area contributed by atoms with E-state index in [1.54, 1.807) is 7.11 Å². The molecule has 1 aliphatic rings. The van der Waals surface area contributed by atoms with Gasteiger partial charge < -0.3 is 14.1 Å². The fourth-order valence-electron chi connectivity index (χ4n) is 4.32. The third-order valence-corrected chi connectivity index (χ3v) is 6.15. The van der Waals surface area contributed by atoms with Gasteiger partial charge in [-0.05, 0) is 35.4 Å². The second kappa shape index (κ2) is 7.23. The summed E-state index contributed by atoms with van der Waals surface area (Å²) in [5.41, 5.74) is 3.87. The van der Waals surface area contributed by atoms with Crippen LogP contribution in [0.4, 0.5) is 0 Å². The molecule has 1 unspecified atom stereocenters. The number of nitrogens with zero attached hydrogens (tertiary/aromatic N) is 1. The lowest BCUT2D eigenvalue weighted by Crippen LogP contribution is -2.24. The first-order valence-electron chi connectivity index (χ1n) is 9.64. The van der Waals surface area contributed by atoms with Gasteiger partial charge in [0.25, 0.3) is 0 Å². The SMILES string of the molecule is COc1ccc(C2CC(=O)N(Cc3cccc(Br)c3)C2)c2c1oc1ccccc12. The molecule has 146 valence electrons. The maximum atomic E-state index is 12.8. The Kier molecular flexibility index (Phi) is 4.55. The van der Waals surface area contributed by atoms with E-state index in [1.165, 1.54) is 0 Å². The zero-order valence-electron chi connectivity index (χ0n) is 16.0. The summed E-state index contributed by atoms with van der Waals surface area (Å²) in [7, 11) is 1.65. The van der Waals surface area contributed by atoms with Gasteiger partial charge in [0.2, 0.25) is 5.91 Å². The molecule has 3 aromatic carbocycles. The monoisotopic (exact) mass is 449 g/mol. The highest BCUT2D eigenvalue weighted by Gasteiger charge is 2.32. The molecule has 5 heteroatoms. The lowest BCUT2D eigenvalue weighted by atomic mass is 9.93. The maximum absolute atomic E-state index is 12.8. The topological polar surface area (TPSA) is 42.7 Å². The summed E-state index contributed by atoms with van der Waals surface area (Å²) in [6.07, 6.45) is 0.509. The van der Waals surface area contributed by atoms with Crippen molar-refractivity contribution in [3.05, 3.63) is 76.3 Å². The highest BCUT2D eigenvalue weighted by Crippen LogP contribution is 2.42. The molecule has 0 spiro atoms. The molecular weight excluding hydrogens is 430 g/mol. The molecule has 1 saturated heterocycles. The second-order valence-corrected chi connectivity index (χ2v) is 8.38. The number of carbonyl (C=O) groups is 1. The van der Waals surface area contributed by atoms with Gasteiger partial charge in [-0.1, -0.05) is 52.3 Å². The van der Waals surface area contributed by atoms with Crippen LogP contribution in [0.2, 0.25) is 0 Å². The molecule has 0 bridgehead atoms. The van der Waals surface area contributed by atoms with Crippen molar-refractivity contribution >= 4 is 43.8 Å². The molecule has 1 atom stereocenters. The van der Waals surface area contributed by atoms with Gasteiger partial charge in [0.05, 0.1) is 7.11 Å². The van der Waals surface area contributed by atoms with Gasteiger partial charge in [-0.2, -0.15) is 0 Å². The van der Waals surface area contributed by atoms with Crippen molar-refractivity contribution in [3.8, 4) is 5.75 Å². The third-order valence-electron chi connectivity index (χ3n) is 5.66. The number of para-hydroxylation sites is 1. The summed E-state index contributed by atoms with van der Waals surface area (Å²) in [6.45, 7) is 1.33. The van der Waals surface area contributed by atoms with Crippen molar-refractivity contribution in [1.82, 2.24) is 4.90 Å². The van der Waals surface area contributed by atoms with Crippen LogP contribution in [0.15, 0.2) is 69.6 Å². The molecule has 0 N–H and O–H groups in total. The fraction of sp³-hybridized carbons (Fsp3) is 0.208. The van der Waals surface area contributed by atoms with Crippen molar-refractivity contribution in [1.29, 1.82) is 0 Å². The molecular formula is C24H20BrNO3. The molecule has 1 amide bonds. The van der Waals surface area contributed by atoms with Crippen LogP contribution in [0, 0.1) is 0 Å². The lowest BCUT2D eigenvalue weighted by Gasteiger charge is -2.17. The first-order valence-corrected chi connectivity index (χ1v) is 10.4. The van der Waals surface area contributed by atoms with Gasteiger partial charge in [-0.15, -0.1) is 0 Å². The van der Waals surface area contributed by atoms with Crippen molar-refractivity contribution in [2.75, 3.05) is 13.7 Å². The van der Waals surface area contributed by atoms with Crippen LogP contribution < -0.4 is 4.74 Å². The van der Waals surface area contributed by atoms with E-state index in [0.717, 1.165) is 43.3 Å². The summed E-state index contributed by atoms with van der Waals surface area (Å²) in [6, 6.07) is 20.2. The number of benzene rings is 3. The summed E-state index contributed by atoms with van der Waals surface area (Å²) in [5.74, 6) is 1.03. The molecule has 1 aromatic heterocycles. The zero-order chi connectivity index (χ0) is 20.0. The molecule has 4 nitrogen and oxygen atoms in total. The highest BCUT2D eigenvalue weighted by molar-refractivity contribution is 9.10. The Hall–Kier alpha value is -2.79. The van der Waals surface area contributed by atoms with Crippen LogP contribution in [0.1, 0.15) is 23.5 Å². The first-order chi connectivity index (χ1) is 14.1. The standard InChI is InChI=1S/C24H20BrNO3/c1-28-21-10-9-18(23-19-7-2-3-8-20(19)29-24(21)23)16-12-22(27)26(14-16)13-15-5-4-6-17(25)11-15/h2-11,16H,12-14H2,1H3. The first kappa shape index (κ1) is 18.3. The molecule has 0 aliphatic carbocycles. The summed E-state index contributed by atoms with van der Waals surface area (Å²) in [5, 5.41) is 2.12. The molecule has 29 heavy (non-hydrogen) atoms. The zero-order valence-corrected chi connectivity index (χ0v) is 17.6. The van der Waals surface area contributed by atoms with Gasteiger partial charge in [0.1, 0.15) is 5.58 Å². The van der Waals surface area contributed by atoms with Crippen molar-refractivity contribution < 1.29 is 13.9 Å². The van der Waals surface area contributed by atoms with E-state index < -0.39 is 0 Å². The van der Waals surface area contributed by atoms with Gasteiger partial charge in [-0.25, -0.2) is 0 Å². The van der Waals surface area contributed by atoms with Gasteiger partial charge in [-0.3, -0.25) is 4.79 Å². The minimum atomic E-state index is 0.129. The molecule has 4 aromatic rings. The number of furan rings is 1. The quantitative estimate of drug-likeness (QED) is 0.391. The third kappa shape index (κ3) is 3.19. The Morgan fingerprint density at radius 1 is 1.14 bits per heavy atom. The van der Waals surface area contributed by atoms with Crippen LogP contribution in [-0.4, -0.2) is 24.5 Å². The van der Waals surface area contributed by atoms with Crippen LogP contribution in [0.5, 0.6) is 5.75 Å². The van der Waals surface area contributed by atoms with E-state index >= 15 is 0 Å². The Labute approximate surface area is 177 Å². The van der Waals surface area contributed by atoms with Crippen LogP contribution in [0.3, 0.4) is 0 Å². The number of ether oxygens (including phenoxy) is 1. The van der Waals surface area contributed by atoms with E-state index in [1.807, 2.05) is 41.3 Å². The van der Waals surface area contributed by atoms with Gasteiger partial charge in [0.15, 0.2) is 11.3 Å². The summed E-state index contributed by atoms with van der Waals surface area (Å²) >= 11 is 3.51. The van der Waals surface area contributed by atoms with Crippen LogP contribution in [-0.2, 0) is 11.3 Å². The van der Waals surface area contributed by atoms with Crippen molar-refractivity contribution in [3.63, 3.8) is 0 Å². The Morgan fingerprint density at radius 3 is 2.83 bits per heavy atom. The second-order valence-electron chi connectivity index (χ2n) is 7.46. The Bertz CT molecular complexity index is 1230. The number of amides is 1. The minimum Gasteiger partial charge on any atom is -0.493 e. The fourth-order valence-corrected chi connectivity index (χ4v) is 4.77. The van der Waals surface area contributed by atoms with Gasteiger partial charge in [0, 0.05) is 40.7 Å². The van der Waals surface area contributed by atoms with E-state index in [4.69, 9.17) is 9.15 Å². The Morgan fingerprint density at radius 2 is 2.00 bits per heavy atom. The predicted molar refractivity (Wildman–Crippen MR) is 117 cm³/mol. The molecule has 1 aliphatic heterocycles. The average molecular weight is 450 g/mol. The van der Waals surface area contributed by atoms with Crippen molar-refractivity contribution in [2.24, 2.45) is 0 Å². The number of carbonyl (C=O) groups excluding carboxylic acids is 1. The predicted octanol–water partition coefficient (Wildman–Crippen LogP) is 5.87. The maximum Gasteiger partial charge on any atom is 0.223 e. The van der Waals surface area contributed by atoms with E-state index in [0.29, 0.717) is 19.5 Å². The molecule has 1 fully saturated rings. The molecule has 0 radical (unpaired) electrons. The lowest BCUT2D eigenvalue weighted by molar-refractivity contribution is -0.128. The van der Waals surface area contributed by atoms with Crippen molar-refractivity contribution in [2.45, 2.75) is 18.9 Å². The minimum absolute atomic E-state index is 0.129. The largest absolute Gasteiger partial charge is 0.493 e.